The van der Waals surface area contributed by atoms with E-state index in [0.717, 1.165) is 11.1 Å². The molecule has 1 aromatic rings. The van der Waals surface area contributed by atoms with Crippen molar-refractivity contribution in [2.45, 2.75) is 31.2 Å². The van der Waals surface area contributed by atoms with Crippen LogP contribution in [0.3, 0.4) is 0 Å². The lowest BCUT2D eigenvalue weighted by Gasteiger charge is -2.33. The lowest BCUT2D eigenvalue weighted by molar-refractivity contribution is -0.148. The van der Waals surface area contributed by atoms with Crippen molar-refractivity contribution in [2.75, 3.05) is 6.79 Å². The smallest absolute Gasteiger partial charge is 0.310 e. The molecular formula is C20H19NO6. The second-order valence-electron chi connectivity index (χ2n) is 7.54. The van der Waals surface area contributed by atoms with Crippen LogP contribution in [0.15, 0.2) is 42.5 Å². The predicted octanol–water partition coefficient (Wildman–Crippen LogP) is 1.73. The van der Waals surface area contributed by atoms with Gasteiger partial charge >= 0.3 is 5.97 Å². The van der Waals surface area contributed by atoms with Crippen molar-refractivity contribution in [3.05, 3.63) is 48.1 Å². The molecular weight excluding hydrogens is 350 g/mol. The first kappa shape index (κ1) is 16.4. The normalized spacial score (nSPS) is 35.0. The number of carboxylic acids is 1. The molecule has 2 bridgehead atoms. The van der Waals surface area contributed by atoms with Crippen LogP contribution in [0.25, 0.3) is 0 Å². The quantitative estimate of drug-likeness (QED) is 0.814. The van der Waals surface area contributed by atoms with Gasteiger partial charge in [0.25, 0.3) is 0 Å². The number of carboxylic acid groups (broad SMARTS) is 1. The van der Waals surface area contributed by atoms with Crippen molar-refractivity contribution in [3.8, 4) is 11.5 Å². The molecule has 0 aliphatic carbocycles. The van der Waals surface area contributed by atoms with E-state index in [0.29, 0.717) is 18.0 Å². The van der Waals surface area contributed by atoms with E-state index in [2.05, 4.69) is 6.58 Å². The van der Waals surface area contributed by atoms with Crippen LogP contribution in [0, 0.1) is 11.8 Å². The zero-order valence-electron chi connectivity index (χ0n) is 14.8. The van der Waals surface area contributed by atoms with Gasteiger partial charge in [0, 0.05) is 6.54 Å². The zero-order valence-corrected chi connectivity index (χ0v) is 14.8. The van der Waals surface area contributed by atoms with Gasteiger partial charge in [0.05, 0.1) is 18.1 Å². The lowest BCUT2D eigenvalue weighted by atomic mass is 9.74. The Morgan fingerprint density at radius 2 is 2.15 bits per heavy atom. The summed E-state index contributed by atoms with van der Waals surface area (Å²) in [6.07, 6.45) is 3.06. The van der Waals surface area contributed by atoms with Crippen LogP contribution < -0.4 is 9.47 Å². The van der Waals surface area contributed by atoms with Gasteiger partial charge in [-0.3, -0.25) is 9.59 Å². The van der Waals surface area contributed by atoms with Gasteiger partial charge in [0.2, 0.25) is 12.7 Å². The number of amides is 1. The van der Waals surface area contributed by atoms with E-state index >= 15 is 0 Å². The highest BCUT2D eigenvalue weighted by Gasteiger charge is 2.71. The first-order valence-electron chi connectivity index (χ1n) is 8.87. The van der Waals surface area contributed by atoms with Crippen LogP contribution in [-0.2, 0) is 20.9 Å². The van der Waals surface area contributed by atoms with Crippen LogP contribution in [0.5, 0.6) is 11.5 Å². The van der Waals surface area contributed by atoms with Crippen LogP contribution in [0.2, 0.25) is 0 Å². The van der Waals surface area contributed by atoms with Crippen molar-refractivity contribution in [1.82, 2.24) is 4.90 Å². The number of aliphatic carboxylic acids is 1. The van der Waals surface area contributed by atoms with Crippen molar-refractivity contribution in [3.63, 3.8) is 0 Å². The monoisotopic (exact) mass is 369 g/mol. The maximum absolute atomic E-state index is 13.3. The maximum atomic E-state index is 13.3. The van der Waals surface area contributed by atoms with Gasteiger partial charge in [-0.15, -0.1) is 0 Å². The SMILES string of the molecule is C=C(C)[C@@H]1N(Cc2ccc3c(c2)OCO3)C(=O)[C@@H]2[C@@H](C(=O)O)[C@@H]3C=C[C@@]21O3. The molecule has 5 rings (SSSR count). The average Bonchev–Trinajstić information content (AvgIpc) is 3.35. The highest BCUT2D eigenvalue weighted by Crippen LogP contribution is 2.56. The third kappa shape index (κ3) is 2.06. The summed E-state index contributed by atoms with van der Waals surface area (Å²) >= 11 is 0. The van der Waals surface area contributed by atoms with Crippen LogP contribution >= 0.6 is 0 Å². The molecule has 7 heteroatoms. The van der Waals surface area contributed by atoms with E-state index in [1.165, 1.54) is 0 Å². The predicted molar refractivity (Wildman–Crippen MR) is 93.1 cm³/mol. The highest BCUT2D eigenvalue weighted by molar-refractivity contribution is 5.92. The largest absolute Gasteiger partial charge is 0.481 e. The Morgan fingerprint density at radius 3 is 2.89 bits per heavy atom. The summed E-state index contributed by atoms with van der Waals surface area (Å²) in [6.45, 7) is 6.41. The summed E-state index contributed by atoms with van der Waals surface area (Å²) in [6, 6.07) is 5.13. The summed E-state index contributed by atoms with van der Waals surface area (Å²) in [4.78, 5) is 26.8. The van der Waals surface area contributed by atoms with Gasteiger partial charge in [0.15, 0.2) is 11.5 Å². The highest BCUT2D eigenvalue weighted by atomic mass is 16.7. The molecule has 1 spiro atoms. The van der Waals surface area contributed by atoms with Crippen molar-refractivity contribution >= 4 is 11.9 Å². The number of likely N-dealkylation sites (tertiary alicyclic amines) is 1. The number of hydrogen-bond acceptors (Lipinski definition) is 5. The average molecular weight is 369 g/mol. The second-order valence-corrected chi connectivity index (χ2v) is 7.54. The summed E-state index contributed by atoms with van der Waals surface area (Å²) in [7, 11) is 0. The molecule has 1 amide bonds. The summed E-state index contributed by atoms with van der Waals surface area (Å²) in [5.41, 5.74) is 0.691. The summed E-state index contributed by atoms with van der Waals surface area (Å²) in [5, 5.41) is 9.67. The van der Waals surface area contributed by atoms with Gasteiger partial charge in [0.1, 0.15) is 11.5 Å². The number of carbonyl (C=O) groups is 2. The van der Waals surface area contributed by atoms with Gasteiger partial charge in [-0.2, -0.15) is 0 Å². The van der Waals surface area contributed by atoms with Gasteiger partial charge in [-0.05, 0) is 24.6 Å². The van der Waals surface area contributed by atoms with E-state index in [-0.39, 0.29) is 12.7 Å². The number of rotatable bonds is 4. The minimum absolute atomic E-state index is 0.182. The Labute approximate surface area is 155 Å². The summed E-state index contributed by atoms with van der Waals surface area (Å²) in [5.74, 6) is -1.50. The van der Waals surface area contributed by atoms with Crippen molar-refractivity contribution < 1.29 is 28.9 Å². The molecule has 4 aliphatic rings. The molecule has 0 saturated carbocycles. The summed E-state index contributed by atoms with van der Waals surface area (Å²) < 4.78 is 16.8. The van der Waals surface area contributed by atoms with E-state index < -0.39 is 35.6 Å². The number of benzene rings is 1. The molecule has 0 aromatic heterocycles. The fourth-order valence-electron chi connectivity index (χ4n) is 4.96. The maximum Gasteiger partial charge on any atom is 0.310 e. The lowest BCUT2D eigenvalue weighted by Crippen LogP contribution is -2.45. The molecule has 27 heavy (non-hydrogen) atoms. The fraction of sp³-hybridized carbons (Fsp3) is 0.400. The fourth-order valence-corrected chi connectivity index (χ4v) is 4.96. The Bertz CT molecular complexity index is 908. The molecule has 4 heterocycles. The number of carbonyl (C=O) groups excluding carboxylic acids is 1. The van der Waals surface area contributed by atoms with E-state index in [1.54, 1.807) is 11.0 Å². The number of fused-ring (bicyclic) bond motifs is 2. The minimum Gasteiger partial charge on any atom is -0.481 e. The van der Waals surface area contributed by atoms with Crippen molar-refractivity contribution in [2.24, 2.45) is 11.8 Å². The molecule has 1 aromatic carbocycles. The molecule has 0 radical (unpaired) electrons. The third-order valence-corrected chi connectivity index (χ3v) is 5.92. The Balaban J connectivity index is 1.53. The zero-order chi connectivity index (χ0) is 18.9. The second kappa shape index (κ2) is 5.36. The van der Waals surface area contributed by atoms with Gasteiger partial charge in [-0.1, -0.05) is 30.4 Å². The molecule has 0 unspecified atom stereocenters. The number of hydrogen-bond donors (Lipinski definition) is 1. The van der Waals surface area contributed by atoms with Crippen molar-refractivity contribution in [1.29, 1.82) is 0 Å². The Hall–Kier alpha value is -2.80. The molecule has 1 N–H and O–H groups in total. The van der Waals surface area contributed by atoms with E-state index in [1.807, 2.05) is 31.2 Å². The van der Waals surface area contributed by atoms with Gasteiger partial charge in [-0.25, -0.2) is 0 Å². The van der Waals surface area contributed by atoms with Crippen LogP contribution in [-0.4, -0.2) is 46.4 Å². The topological polar surface area (TPSA) is 85.3 Å². The van der Waals surface area contributed by atoms with Crippen LogP contribution in [0.1, 0.15) is 12.5 Å². The third-order valence-electron chi connectivity index (χ3n) is 5.92. The molecule has 7 nitrogen and oxygen atoms in total. The molecule has 4 aliphatic heterocycles. The molecule has 2 fully saturated rings. The number of nitrogens with zero attached hydrogens (tertiary/aromatic N) is 1. The van der Waals surface area contributed by atoms with Gasteiger partial charge < -0.3 is 24.2 Å². The standard InChI is InChI=1S/C20H19NO6/c1-10(2)17-20-6-5-13(27-20)15(19(23)24)16(20)18(22)21(17)8-11-3-4-12-14(7-11)26-9-25-12/h3-7,13,15-17H,1,8-9H2,2H3,(H,23,24)/t13-,15-,16-,17-,20+/m0/s1. The van der Waals surface area contributed by atoms with E-state index in [9.17, 15) is 14.7 Å². The molecule has 2 saturated heterocycles. The minimum atomic E-state index is -1.00. The number of ether oxygens (including phenoxy) is 3. The van der Waals surface area contributed by atoms with E-state index in [4.69, 9.17) is 14.2 Å². The Kier molecular flexibility index (Phi) is 3.25. The molecule has 5 atom stereocenters. The van der Waals surface area contributed by atoms with Crippen LogP contribution in [0.4, 0.5) is 0 Å². The molecule has 140 valence electrons. The first-order chi connectivity index (χ1) is 12.9. The Morgan fingerprint density at radius 1 is 1.37 bits per heavy atom. The first-order valence-corrected chi connectivity index (χ1v) is 8.87.